The van der Waals surface area contributed by atoms with E-state index in [4.69, 9.17) is 45.2 Å². The van der Waals surface area contributed by atoms with Gasteiger partial charge in [-0.2, -0.15) is 0 Å². The predicted molar refractivity (Wildman–Crippen MR) is 525 cm³/mol. The number of carbonyl (C=O) groups is 5. The summed E-state index contributed by atoms with van der Waals surface area (Å²) in [6, 6.07) is 61.7. The fourth-order valence-electron chi connectivity index (χ4n) is 16.5. The number of benzene rings is 10. The number of hydrogen-bond donors (Lipinski definition) is 5. The molecule has 5 atom stereocenters. The minimum absolute atomic E-state index is 0.0411. The molecule has 5 heterocycles. The van der Waals surface area contributed by atoms with Gasteiger partial charge in [0.15, 0.2) is 0 Å². The van der Waals surface area contributed by atoms with E-state index in [9.17, 15) is 49.5 Å². The van der Waals surface area contributed by atoms with Crippen LogP contribution in [0.2, 0.25) is 0 Å². The Morgan fingerprint density at radius 3 is 0.808 bits per heavy atom. The Kier molecular flexibility index (Phi) is 26.0. The molecule has 0 aromatic heterocycles. The average Bonchev–Trinajstić information content (AvgIpc) is 0.734. The van der Waals surface area contributed by atoms with Crippen LogP contribution in [0.25, 0.3) is 0 Å². The molecule has 20 heteroatoms. The van der Waals surface area contributed by atoms with Gasteiger partial charge < -0.3 is 74.5 Å². The molecule has 5 aliphatic rings. The third-order valence-corrected chi connectivity index (χ3v) is 23.3. The van der Waals surface area contributed by atoms with E-state index in [0.29, 0.717) is 118 Å². The Morgan fingerprint density at radius 1 is 0.300 bits per heavy atom. The number of para-hydroxylation sites is 5. The molecule has 0 saturated carbocycles. The Morgan fingerprint density at radius 2 is 0.531 bits per heavy atom. The minimum Gasteiger partial charge on any atom is -0.387 e. The lowest BCUT2D eigenvalue weighted by molar-refractivity contribution is -0.119. The SMILES string of the molecule is [2H]C(O)(CN1CCC(N(C(=O)C([2H])([2H])C([2H])([2H])[2H])c2ccccc2)CC1)c1ccccc1.[2H]C([2H])(C(O)c1ccccc1)N1CCC(N(C(=O)C([2H])([2H])C([2H])([2H])[2H])c2ccccc2)CC1.[2H]C([2H])([2H])C([2H])([2H])C(=O)N(c1ccccc1)C1CCN(C([2H])([2H])C([2H])(O)c2ccccc2)CC1.[2H]c1c([2H])c([2H])c(N(C(=O)CC)C2CCN(C([2H])([2H])C(O)c3ccccc3)CC2)c([2H])c1[2H].[2H]c1c([2H])c([2H])c(N(C(=O)CC)C2CCN(CC(O)c3ccccc3)CC2)c([2H])c1[2H]. The Balaban J connectivity index is 0.000000191. The van der Waals surface area contributed by atoms with Gasteiger partial charge in [0.05, 0.1) is 46.9 Å². The van der Waals surface area contributed by atoms with Crippen LogP contribution in [-0.2, 0) is 24.0 Å². The maximum absolute atomic E-state index is 13.2. The number of amides is 5. The number of aliphatic hydroxyl groups is 5. The molecular weight excluding hydrogens is 1620 g/mol. The second-order valence-electron chi connectivity index (χ2n) is 31.7. The topological polar surface area (TPSA) is 219 Å². The van der Waals surface area contributed by atoms with Crippen molar-refractivity contribution in [3.8, 4) is 0 Å². The van der Waals surface area contributed by atoms with Crippen molar-refractivity contribution in [3.05, 3.63) is 331 Å². The maximum Gasteiger partial charge on any atom is 0.226 e. The number of hydrogen-bond acceptors (Lipinski definition) is 15. The molecule has 5 N–H and O–H groups in total. The highest BCUT2D eigenvalue weighted by atomic mass is 16.3. The lowest BCUT2D eigenvalue weighted by Crippen LogP contribution is -2.48. The number of likely N-dealkylation sites (tertiary alicyclic amines) is 5. The second kappa shape index (κ2) is 53.5. The largest absolute Gasteiger partial charge is 0.387 e. The zero-order chi connectivity index (χ0) is 121. The summed E-state index contributed by atoms with van der Waals surface area (Å²) in [7, 11) is 0. The first kappa shape index (κ1) is 63.3. The second-order valence-corrected chi connectivity index (χ2v) is 31.7. The molecular formula is C110H140N10O10. The number of nitrogens with zero attached hydrogens (tertiary/aromatic N) is 10. The molecule has 15 rings (SSSR count). The minimum atomic E-state index is -3.16. The van der Waals surface area contributed by atoms with E-state index in [0.717, 1.165) is 10.5 Å². The number of aliphatic hydroxyl groups excluding tert-OH is 3. The van der Waals surface area contributed by atoms with Gasteiger partial charge in [-0.05, 0) is 153 Å². The van der Waals surface area contributed by atoms with Crippen LogP contribution in [0, 0.1) is 0 Å². The van der Waals surface area contributed by atoms with Crippen LogP contribution < -0.4 is 24.5 Å². The van der Waals surface area contributed by atoms with Gasteiger partial charge >= 0.3 is 0 Å². The highest BCUT2D eigenvalue weighted by Gasteiger charge is 2.36. The van der Waals surface area contributed by atoms with E-state index in [-0.39, 0.29) is 118 Å². The van der Waals surface area contributed by atoms with Crippen LogP contribution in [0.15, 0.2) is 303 Å². The van der Waals surface area contributed by atoms with Gasteiger partial charge in [0.2, 0.25) is 29.5 Å². The van der Waals surface area contributed by atoms with Crippen LogP contribution in [0.1, 0.15) is 234 Å². The van der Waals surface area contributed by atoms with Crippen molar-refractivity contribution in [1.82, 2.24) is 24.5 Å². The molecule has 0 spiro atoms. The van der Waals surface area contributed by atoms with Crippen molar-refractivity contribution in [2.45, 2.75) is 191 Å². The van der Waals surface area contributed by atoms with Crippen molar-refractivity contribution < 1.29 is 94.7 Å². The van der Waals surface area contributed by atoms with Gasteiger partial charge in [0, 0.05) is 217 Å². The monoisotopic (exact) mass is 1790 g/mol. The normalized spacial score (nSPS) is 22.1. The summed E-state index contributed by atoms with van der Waals surface area (Å²) in [4.78, 5) is 79.8. The summed E-state index contributed by atoms with van der Waals surface area (Å²) in [5, 5.41) is 53.2. The zero-order valence-corrected chi connectivity index (χ0v) is 73.4. The molecule has 10 aromatic rings. The van der Waals surface area contributed by atoms with Gasteiger partial charge in [-0.3, -0.25) is 24.0 Å². The van der Waals surface area contributed by atoms with E-state index in [2.05, 4.69) is 4.90 Å². The highest BCUT2D eigenvalue weighted by Crippen LogP contribution is 2.33. The Labute approximate surface area is 819 Å². The summed E-state index contributed by atoms with van der Waals surface area (Å²) in [6.45, 7) is -8.75. The number of rotatable bonds is 30. The lowest BCUT2D eigenvalue weighted by atomic mass is 10.0. The molecule has 130 heavy (non-hydrogen) atoms. The summed E-state index contributed by atoms with van der Waals surface area (Å²) in [5.41, 5.74) is 3.38. The fraction of sp³-hybridized carbons (Fsp3) is 0.409. The zero-order valence-electron chi connectivity index (χ0n) is 106. The van der Waals surface area contributed by atoms with Crippen molar-refractivity contribution in [1.29, 1.82) is 0 Å². The van der Waals surface area contributed by atoms with Gasteiger partial charge in [-0.15, -0.1) is 0 Å². The van der Waals surface area contributed by atoms with Crippen LogP contribution in [-0.4, -0.2) is 208 Å². The molecule has 0 radical (unpaired) electrons. The molecule has 0 aliphatic carbocycles. The molecule has 5 saturated heterocycles. The first-order chi connectivity index (χ1) is 76.3. The number of anilines is 5. The van der Waals surface area contributed by atoms with Crippen LogP contribution in [0.3, 0.4) is 0 Å². The summed E-state index contributed by atoms with van der Waals surface area (Å²) < 4.78 is 264. The molecule has 0 bridgehead atoms. The summed E-state index contributed by atoms with van der Waals surface area (Å²) in [6.07, 6.45) is -12.8. The number of carbonyl (C=O) groups excluding carboxylic acids is 5. The summed E-state index contributed by atoms with van der Waals surface area (Å²) in [5.74, 6) is -4.02. The standard InChI is InChI=1S/5C22H28N2O2/c5*1-2-22(26)24(19-11-7-4-8-12-19)20-13-15-23(16-14-20)17-21(25)18-9-5-3-6-10-18/h5*3-12,20-21,25H,2,13-17H2,1H3/i4D,7D,8D,11D,12D,17D2;4D,7D,8D,11D,12D;1D3,2D2,17D2,21D;1D3,2D2,21D;1D3,2D2,17D2. The van der Waals surface area contributed by atoms with Crippen LogP contribution in [0.5, 0.6) is 0 Å². The first-order valence-corrected chi connectivity index (χ1v) is 44.2. The van der Waals surface area contributed by atoms with E-state index >= 15 is 0 Å². The third-order valence-electron chi connectivity index (χ3n) is 23.3. The fourth-order valence-corrected chi connectivity index (χ4v) is 16.5. The average molecular weight is 1800 g/mol. The molecule has 5 aliphatic heterocycles. The summed E-state index contributed by atoms with van der Waals surface area (Å²) >= 11 is 0. The maximum atomic E-state index is 13.2. The van der Waals surface area contributed by atoms with Gasteiger partial charge in [0.1, 0.15) is 0 Å². The quantitative estimate of drug-likeness (QED) is 0.0283. The highest BCUT2D eigenvalue weighted by molar-refractivity contribution is 5.96. The van der Waals surface area contributed by atoms with Gasteiger partial charge in [-0.1, -0.05) is 277 Å². The van der Waals surface area contributed by atoms with Crippen LogP contribution >= 0.6 is 0 Å². The van der Waals surface area contributed by atoms with E-state index in [1.807, 2.05) is 41.3 Å². The number of piperidine rings is 5. The van der Waals surface area contributed by atoms with Crippen molar-refractivity contribution in [2.75, 3.05) is 123 Å². The smallest absolute Gasteiger partial charge is 0.226 e. The lowest BCUT2D eigenvalue weighted by Gasteiger charge is -2.39. The van der Waals surface area contributed by atoms with Gasteiger partial charge in [-0.25, -0.2) is 0 Å². The van der Waals surface area contributed by atoms with Gasteiger partial charge in [0.25, 0.3) is 0 Å². The molecule has 20 nitrogen and oxygen atoms in total. The van der Waals surface area contributed by atoms with E-state index in [1.165, 1.54) is 46.4 Å². The van der Waals surface area contributed by atoms with Crippen molar-refractivity contribution in [3.63, 3.8) is 0 Å². The predicted octanol–water partition coefficient (Wildman–Crippen LogP) is 18.1. The van der Waals surface area contributed by atoms with Crippen molar-refractivity contribution >= 4 is 58.0 Å². The Hall–Kier alpha value is -10.9. The first-order valence-electron chi connectivity index (χ1n) is 60.7. The molecule has 5 amide bonds. The van der Waals surface area contributed by atoms with E-state index in [1.54, 1.807) is 208 Å². The molecule has 5 unspecified atom stereocenters. The molecule has 690 valence electrons. The Bertz CT molecular complexity index is 6510. The molecule has 5 fully saturated rings. The third kappa shape index (κ3) is 30.1. The molecule has 10 aromatic carbocycles. The van der Waals surface area contributed by atoms with Crippen molar-refractivity contribution in [2.24, 2.45) is 0 Å². The number of β-amino-alcohol motifs (C(OH)–C–C–N with tert-alkyl or cyclic N) is 5. The van der Waals surface area contributed by atoms with E-state index < -0.39 is 180 Å². The van der Waals surface area contributed by atoms with Crippen LogP contribution in [0.4, 0.5) is 28.4 Å².